The van der Waals surface area contributed by atoms with Crippen molar-refractivity contribution in [3.63, 3.8) is 0 Å². The Labute approximate surface area is 109 Å². The second-order valence-electron chi connectivity index (χ2n) is 5.64. The normalized spacial score (nSPS) is 28.5. The van der Waals surface area contributed by atoms with Crippen LogP contribution in [0, 0.1) is 11.8 Å². The molecule has 1 aromatic rings. The van der Waals surface area contributed by atoms with Gasteiger partial charge in [-0.3, -0.25) is 0 Å². The molecule has 0 aromatic carbocycles. The van der Waals surface area contributed by atoms with E-state index in [-0.39, 0.29) is 0 Å². The number of rotatable bonds is 5. The first-order valence-electron chi connectivity index (χ1n) is 7.15. The molecule has 1 N–H and O–H groups in total. The molecule has 5 heteroatoms. The zero-order valence-electron chi connectivity index (χ0n) is 11.8. The number of tetrazole rings is 1. The molecule has 0 amide bonds. The monoisotopic (exact) mass is 251 g/mol. The van der Waals surface area contributed by atoms with Crippen LogP contribution in [-0.4, -0.2) is 32.8 Å². The Hall–Kier alpha value is -0.970. The molecule has 1 fully saturated rings. The molecule has 3 atom stereocenters. The summed E-state index contributed by atoms with van der Waals surface area (Å²) in [5, 5.41) is 16.0. The molecule has 102 valence electrons. The van der Waals surface area contributed by atoms with Gasteiger partial charge in [0.25, 0.3) is 0 Å². The van der Waals surface area contributed by atoms with Crippen molar-refractivity contribution < 1.29 is 0 Å². The third kappa shape index (κ3) is 3.51. The Morgan fingerprint density at radius 2 is 2.22 bits per heavy atom. The first-order valence-corrected chi connectivity index (χ1v) is 7.15. The van der Waals surface area contributed by atoms with Crippen LogP contribution in [0.1, 0.15) is 45.4 Å². The third-order valence-electron chi connectivity index (χ3n) is 3.90. The zero-order valence-corrected chi connectivity index (χ0v) is 11.8. The molecular formula is C13H25N5. The van der Waals surface area contributed by atoms with Crippen molar-refractivity contribution in [2.75, 3.05) is 6.54 Å². The lowest BCUT2D eigenvalue weighted by Crippen LogP contribution is -2.41. The Morgan fingerprint density at radius 1 is 1.39 bits per heavy atom. The van der Waals surface area contributed by atoms with Crippen molar-refractivity contribution in [3.05, 3.63) is 5.82 Å². The highest BCUT2D eigenvalue weighted by Gasteiger charge is 2.29. The van der Waals surface area contributed by atoms with E-state index in [0.717, 1.165) is 24.7 Å². The smallest absolute Gasteiger partial charge is 0.175 e. The SMILES string of the molecule is CCCNC1CCC(C)CC1Cc1nnn(C)n1. The van der Waals surface area contributed by atoms with Gasteiger partial charge in [0, 0.05) is 12.5 Å². The highest BCUT2D eigenvalue weighted by molar-refractivity contribution is 4.90. The van der Waals surface area contributed by atoms with E-state index in [1.165, 1.54) is 25.7 Å². The highest BCUT2D eigenvalue weighted by atomic mass is 15.6. The van der Waals surface area contributed by atoms with Gasteiger partial charge < -0.3 is 5.32 Å². The molecule has 3 unspecified atom stereocenters. The Kier molecular flexibility index (Phi) is 4.69. The maximum Gasteiger partial charge on any atom is 0.175 e. The van der Waals surface area contributed by atoms with Gasteiger partial charge in [-0.15, -0.1) is 10.2 Å². The fourth-order valence-corrected chi connectivity index (χ4v) is 2.96. The maximum absolute atomic E-state index is 4.31. The topological polar surface area (TPSA) is 55.6 Å². The molecule has 1 aliphatic rings. The van der Waals surface area contributed by atoms with Crippen LogP contribution in [0.15, 0.2) is 0 Å². The minimum absolute atomic E-state index is 0.630. The van der Waals surface area contributed by atoms with Crippen LogP contribution in [0.25, 0.3) is 0 Å². The lowest BCUT2D eigenvalue weighted by atomic mass is 9.77. The number of hydrogen-bond acceptors (Lipinski definition) is 4. The van der Waals surface area contributed by atoms with Gasteiger partial charge in [-0.2, -0.15) is 4.80 Å². The lowest BCUT2D eigenvalue weighted by molar-refractivity contribution is 0.210. The van der Waals surface area contributed by atoms with Crippen LogP contribution in [-0.2, 0) is 13.5 Å². The van der Waals surface area contributed by atoms with Gasteiger partial charge in [-0.25, -0.2) is 0 Å². The number of nitrogens with one attached hydrogen (secondary N) is 1. The van der Waals surface area contributed by atoms with Crippen molar-refractivity contribution in [1.82, 2.24) is 25.5 Å². The van der Waals surface area contributed by atoms with Crippen LogP contribution < -0.4 is 5.32 Å². The van der Waals surface area contributed by atoms with Crippen molar-refractivity contribution in [3.8, 4) is 0 Å². The summed E-state index contributed by atoms with van der Waals surface area (Å²) in [6, 6.07) is 0.630. The van der Waals surface area contributed by atoms with E-state index < -0.39 is 0 Å². The number of nitrogens with zero attached hydrogens (tertiary/aromatic N) is 4. The minimum atomic E-state index is 0.630. The van der Waals surface area contributed by atoms with Crippen LogP contribution in [0.2, 0.25) is 0 Å². The zero-order chi connectivity index (χ0) is 13.0. The highest BCUT2D eigenvalue weighted by Crippen LogP contribution is 2.30. The summed E-state index contributed by atoms with van der Waals surface area (Å²) >= 11 is 0. The van der Waals surface area contributed by atoms with Crippen molar-refractivity contribution in [2.45, 2.75) is 52.0 Å². The number of aromatic nitrogens is 4. The predicted octanol–water partition coefficient (Wildman–Crippen LogP) is 1.56. The van der Waals surface area contributed by atoms with Gasteiger partial charge >= 0.3 is 0 Å². The molecule has 0 aliphatic heterocycles. The molecule has 1 aliphatic carbocycles. The summed E-state index contributed by atoms with van der Waals surface area (Å²) in [6.07, 6.45) is 6.05. The molecule has 0 spiro atoms. The average Bonchev–Trinajstić information content (AvgIpc) is 2.74. The van der Waals surface area contributed by atoms with Gasteiger partial charge in [0.2, 0.25) is 0 Å². The molecule has 0 saturated heterocycles. The Morgan fingerprint density at radius 3 is 2.89 bits per heavy atom. The summed E-state index contributed by atoms with van der Waals surface area (Å²) < 4.78 is 0. The third-order valence-corrected chi connectivity index (χ3v) is 3.90. The fraction of sp³-hybridized carbons (Fsp3) is 0.923. The summed E-state index contributed by atoms with van der Waals surface area (Å²) in [5.74, 6) is 2.37. The van der Waals surface area contributed by atoms with Gasteiger partial charge in [-0.1, -0.05) is 13.8 Å². The van der Waals surface area contributed by atoms with Crippen LogP contribution in [0.3, 0.4) is 0 Å². The van der Waals surface area contributed by atoms with Crippen molar-refractivity contribution in [2.24, 2.45) is 18.9 Å². The largest absolute Gasteiger partial charge is 0.314 e. The van der Waals surface area contributed by atoms with Crippen LogP contribution in [0.5, 0.6) is 0 Å². The number of hydrogen-bond donors (Lipinski definition) is 1. The molecule has 0 bridgehead atoms. The van der Waals surface area contributed by atoms with E-state index in [2.05, 4.69) is 34.6 Å². The van der Waals surface area contributed by atoms with Gasteiger partial charge in [0.1, 0.15) is 0 Å². The maximum atomic E-state index is 4.31. The number of aryl methyl sites for hydroxylation is 1. The molecule has 18 heavy (non-hydrogen) atoms. The molecule has 0 radical (unpaired) electrons. The lowest BCUT2D eigenvalue weighted by Gasteiger charge is -2.35. The first kappa shape index (κ1) is 13.5. The van der Waals surface area contributed by atoms with Crippen LogP contribution in [0.4, 0.5) is 0 Å². The fourth-order valence-electron chi connectivity index (χ4n) is 2.96. The molecule has 1 heterocycles. The molecule has 1 aromatic heterocycles. The predicted molar refractivity (Wildman–Crippen MR) is 71.1 cm³/mol. The summed E-state index contributed by atoms with van der Waals surface area (Å²) in [5.41, 5.74) is 0. The van der Waals surface area contributed by atoms with Crippen LogP contribution >= 0.6 is 0 Å². The quantitative estimate of drug-likeness (QED) is 0.863. The van der Waals surface area contributed by atoms with Gasteiger partial charge in [-0.05, 0) is 49.3 Å². The first-order chi connectivity index (χ1) is 8.69. The van der Waals surface area contributed by atoms with Gasteiger partial charge in [0.05, 0.1) is 7.05 Å². The van der Waals surface area contributed by atoms with E-state index in [4.69, 9.17) is 0 Å². The molecule has 5 nitrogen and oxygen atoms in total. The van der Waals surface area contributed by atoms with Crippen molar-refractivity contribution in [1.29, 1.82) is 0 Å². The minimum Gasteiger partial charge on any atom is -0.314 e. The second kappa shape index (κ2) is 6.27. The standard InChI is InChI=1S/C13H25N5/c1-4-7-14-12-6-5-10(2)8-11(12)9-13-15-17-18(3)16-13/h10-12,14H,4-9H2,1-3H3. The van der Waals surface area contributed by atoms with Gasteiger partial charge in [0.15, 0.2) is 5.82 Å². The Bertz CT molecular complexity index is 360. The molecule has 2 rings (SSSR count). The summed E-state index contributed by atoms with van der Waals surface area (Å²) in [4.78, 5) is 1.55. The second-order valence-corrected chi connectivity index (χ2v) is 5.64. The van der Waals surface area contributed by atoms with E-state index in [9.17, 15) is 0 Å². The average molecular weight is 251 g/mol. The Balaban J connectivity index is 1.96. The molecule has 1 saturated carbocycles. The summed E-state index contributed by atoms with van der Waals surface area (Å²) in [6.45, 7) is 5.69. The molecular weight excluding hydrogens is 226 g/mol. The van der Waals surface area contributed by atoms with E-state index in [1.54, 1.807) is 4.80 Å². The summed E-state index contributed by atoms with van der Waals surface area (Å²) in [7, 11) is 1.83. The van der Waals surface area contributed by atoms with E-state index >= 15 is 0 Å². The van der Waals surface area contributed by atoms with E-state index in [1.807, 2.05) is 7.05 Å². The van der Waals surface area contributed by atoms with Crippen molar-refractivity contribution >= 4 is 0 Å². The van der Waals surface area contributed by atoms with E-state index in [0.29, 0.717) is 12.0 Å².